The highest BCUT2D eigenvalue weighted by molar-refractivity contribution is 5.80. The van der Waals surface area contributed by atoms with Crippen molar-refractivity contribution in [2.45, 2.75) is 64.8 Å². The van der Waals surface area contributed by atoms with Crippen LogP contribution in [0.5, 0.6) is 0 Å². The van der Waals surface area contributed by atoms with Crippen LogP contribution in [-0.4, -0.2) is 18.0 Å². The molecule has 0 aromatic heterocycles. The Morgan fingerprint density at radius 3 is 2.50 bits per heavy atom. The van der Waals surface area contributed by atoms with Gasteiger partial charge in [0.1, 0.15) is 0 Å². The van der Waals surface area contributed by atoms with Gasteiger partial charge in [0.15, 0.2) is 0 Å². The number of nitrogens with one attached hydrogen (secondary N) is 1. The van der Waals surface area contributed by atoms with Gasteiger partial charge in [0.25, 0.3) is 0 Å². The van der Waals surface area contributed by atoms with Crippen LogP contribution in [0.4, 0.5) is 0 Å². The van der Waals surface area contributed by atoms with Gasteiger partial charge in [-0.3, -0.25) is 4.79 Å². The van der Waals surface area contributed by atoms with Gasteiger partial charge in [-0.1, -0.05) is 26.7 Å². The molecular weight excluding hydrogens is 224 g/mol. The number of hydrogen-bond acceptors (Lipinski definition) is 2. The molecule has 2 fully saturated rings. The fraction of sp³-hybridized carbons (Fsp3) is 0.933. The lowest BCUT2D eigenvalue weighted by atomic mass is 9.74. The maximum Gasteiger partial charge on any atom is 0.224 e. The van der Waals surface area contributed by atoms with Gasteiger partial charge in [0.05, 0.1) is 5.92 Å². The third-order valence-corrected chi connectivity index (χ3v) is 5.30. The Bertz CT molecular complexity index is 318. The highest BCUT2D eigenvalue weighted by Gasteiger charge is 2.46. The summed E-state index contributed by atoms with van der Waals surface area (Å²) < 4.78 is 0. The van der Waals surface area contributed by atoms with Gasteiger partial charge >= 0.3 is 0 Å². The average molecular weight is 252 g/mol. The summed E-state index contributed by atoms with van der Waals surface area (Å²) in [7, 11) is 0. The first kappa shape index (κ1) is 13.9. The molecule has 0 aromatic rings. The van der Waals surface area contributed by atoms with E-state index >= 15 is 0 Å². The van der Waals surface area contributed by atoms with Crippen molar-refractivity contribution >= 4 is 5.91 Å². The van der Waals surface area contributed by atoms with Gasteiger partial charge in [0, 0.05) is 12.1 Å². The molecule has 2 saturated carbocycles. The number of carbonyl (C=O) groups is 1. The SMILES string of the molecule is CC(C)C1(CNC(=O)C2CCCCC2(C)N)CC1. The molecule has 104 valence electrons. The second-order valence-corrected chi connectivity index (χ2v) is 7.04. The fourth-order valence-corrected chi connectivity index (χ4v) is 3.29. The summed E-state index contributed by atoms with van der Waals surface area (Å²) >= 11 is 0. The molecule has 0 heterocycles. The molecule has 0 saturated heterocycles. The topological polar surface area (TPSA) is 55.1 Å². The Labute approximate surface area is 111 Å². The van der Waals surface area contributed by atoms with Crippen LogP contribution in [0.3, 0.4) is 0 Å². The Hall–Kier alpha value is -0.570. The second-order valence-electron chi connectivity index (χ2n) is 7.04. The molecule has 0 aliphatic heterocycles. The van der Waals surface area contributed by atoms with E-state index in [2.05, 4.69) is 19.2 Å². The first-order valence-electron chi connectivity index (χ1n) is 7.44. The van der Waals surface area contributed by atoms with Gasteiger partial charge in [-0.05, 0) is 43.9 Å². The van der Waals surface area contributed by atoms with Crippen LogP contribution >= 0.6 is 0 Å². The molecule has 0 spiro atoms. The van der Waals surface area contributed by atoms with Crippen molar-refractivity contribution in [1.82, 2.24) is 5.32 Å². The molecule has 18 heavy (non-hydrogen) atoms. The van der Waals surface area contributed by atoms with Crippen LogP contribution < -0.4 is 11.1 Å². The third kappa shape index (κ3) is 2.71. The maximum atomic E-state index is 12.3. The van der Waals surface area contributed by atoms with E-state index in [-0.39, 0.29) is 17.4 Å². The Balaban J connectivity index is 1.88. The highest BCUT2D eigenvalue weighted by Crippen LogP contribution is 2.51. The van der Waals surface area contributed by atoms with Crippen molar-refractivity contribution in [3.63, 3.8) is 0 Å². The fourth-order valence-electron chi connectivity index (χ4n) is 3.29. The third-order valence-electron chi connectivity index (χ3n) is 5.30. The summed E-state index contributed by atoms with van der Waals surface area (Å²) in [5, 5.41) is 3.17. The molecule has 2 unspecified atom stereocenters. The van der Waals surface area contributed by atoms with Crippen LogP contribution in [0.2, 0.25) is 0 Å². The summed E-state index contributed by atoms with van der Waals surface area (Å²) in [6.45, 7) is 7.39. The van der Waals surface area contributed by atoms with Gasteiger partial charge in [-0.15, -0.1) is 0 Å². The van der Waals surface area contributed by atoms with Gasteiger partial charge in [0.2, 0.25) is 5.91 Å². The molecule has 2 rings (SSSR count). The summed E-state index contributed by atoms with van der Waals surface area (Å²) in [6.07, 6.45) is 6.74. The number of hydrogen-bond donors (Lipinski definition) is 2. The number of nitrogens with two attached hydrogens (primary N) is 1. The molecule has 2 atom stereocenters. The lowest BCUT2D eigenvalue weighted by Crippen LogP contribution is -2.53. The van der Waals surface area contributed by atoms with Gasteiger partial charge < -0.3 is 11.1 Å². The van der Waals surface area contributed by atoms with E-state index in [1.165, 1.54) is 12.8 Å². The average Bonchev–Trinajstić information content (AvgIpc) is 3.06. The van der Waals surface area contributed by atoms with E-state index in [0.717, 1.165) is 32.2 Å². The minimum Gasteiger partial charge on any atom is -0.355 e. The molecule has 1 amide bonds. The Kier molecular flexibility index (Phi) is 3.72. The van der Waals surface area contributed by atoms with Crippen molar-refractivity contribution in [2.75, 3.05) is 6.54 Å². The lowest BCUT2D eigenvalue weighted by molar-refractivity contribution is -0.128. The number of amides is 1. The van der Waals surface area contributed by atoms with E-state index in [4.69, 9.17) is 5.73 Å². The molecule has 0 radical (unpaired) electrons. The number of rotatable bonds is 4. The molecular formula is C15H28N2O. The van der Waals surface area contributed by atoms with Crippen molar-refractivity contribution in [2.24, 2.45) is 23.0 Å². The Morgan fingerprint density at radius 2 is 2.00 bits per heavy atom. The zero-order valence-corrected chi connectivity index (χ0v) is 12.1. The first-order valence-corrected chi connectivity index (χ1v) is 7.44. The monoisotopic (exact) mass is 252 g/mol. The van der Waals surface area contributed by atoms with E-state index in [1.54, 1.807) is 0 Å². The van der Waals surface area contributed by atoms with Crippen molar-refractivity contribution in [1.29, 1.82) is 0 Å². The van der Waals surface area contributed by atoms with Crippen molar-refractivity contribution < 1.29 is 4.79 Å². The highest BCUT2D eigenvalue weighted by atomic mass is 16.1. The minimum atomic E-state index is -0.309. The summed E-state index contributed by atoms with van der Waals surface area (Å²) in [4.78, 5) is 12.3. The largest absolute Gasteiger partial charge is 0.355 e. The first-order chi connectivity index (χ1) is 8.37. The minimum absolute atomic E-state index is 0.00853. The van der Waals surface area contributed by atoms with E-state index < -0.39 is 0 Å². The zero-order chi connectivity index (χ0) is 13.4. The maximum absolute atomic E-state index is 12.3. The smallest absolute Gasteiger partial charge is 0.224 e. The van der Waals surface area contributed by atoms with Crippen molar-refractivity contribution in [3.05, 3.63) is 0 Å². The van der Waals surface area contributed by atoms with Crippen LogP contribution in [0.25, 0.3) is 0 Å². The van der Waals surface area contributed by atoms with E-state index in [0.29, 0.717) is 11.3 Å². The normalized spacial score (nSPS) is 34.4. The van der Waals surface area contributed by atoms with Gasteiger partial charge in [-0.25, -0.2) is 0 Å². The predicted octanol–water partition coefficient (Wildman–Crippen LogP) is 2.45. The van der Waals surface area contributed by atoms with Crippen LogP contribution in [-0.2, 0) is 4.79 Å². The molecule has 3 heteroatoms. The number of carbonyl (C=O) groups excluding carboxylic acids is 1. The Morgan fingerprint density at radius 1 is 1.33 bits per heavy atom. The molecule has 0 bridgehead atoms. The molecule has 2 aliphatic carbocycles. The van der Waals surface area contributed by atoms with E-state index in [1.807, 2.05) is 6.92 Å². The summed E-state index contributed by atoms with van der Waals surface area (Å²) in [5.41, 5.74) is 6.35. The molecule has 3 N–H and O–H groups in total. The van der Waals surface area contributed by atoms with Crippen LogP contribution in [0, 0.1) is 17.3 Å². The quantitative estimate of drug-likeness (QED) is 0.807. The van der Waals surface area contributed by atoms with Gasteiger partial charge in [-0.2, -0.15) is 0 Å². The van der Waals surface area contributed by atoms with Crippen LogP contribution in [0.15, 0.2) is 0 Å². The summed E-state index contributed by atoms with van der Waals surface area (Å²) in [6, 6.07) is 0. The predicted molar refractivity (Wildman–Crippen MR) is 74.1 cm³/mol. The van der Waals surface area contributed by atoms with Crippen LogP contribution in [0.1, 0.15) is 59.3 Å². The lowest BCUT2D eigenvalue weighted by Gasteiger charge is -2.37. The second kappa shape index (κ2) is 4.84. The van der Waals surface area contributed by atoms with Crippen molar-refractivity contribution in [3.8, 4) is 0 Å². The summed E-state index contributed by atoms with van der Waals surface area (Å²) in [5.74, 6) is 0.856. The molecule has 3 nitrogen and oxygen atoms in total. The standard InChI is InChI=1S/C15H28N2O/c1-11(2)15(8-9-15)10-17-13(18)12-6-4-5-7-14(12,3)16/h11-12H,4-10,16H2,1-3H3,(H,17,18). The molecule has 2 aliphatic rings. The van der Waals surface area contributed by atoms with E-state index in [9.17, 15) is 4.79 Å². The molecule has 0 aromatic carbocycles. The zero-order valence-electron chi connectivity index (χ0n) is 12.1.